The lowest BCUT2D eigenvalue weighted by atomic mass is 10.2. The Morgan fingerprint density at radius 1 is 1.12 bits per heavy atom. The van der Waals surface area contributed by atoms with Crippen LogP contribution in [0.1, 0.15) is 0 Å². The molecular formula is C13H8FNOS. The zero-order valence-electron chi connectivity index (χ0n) is 8.74. The minimum atomic E-state index is -0.272. The van der Waals surface area contributed by atoms with Crippen molar-refractivity contribution in [2.45, 2.75) is 0 Å². The van der Waals surface area contributed by atoms with E-state index in [-0.39, 0.29) is 5.82 Å². The van der Waals surface area contributed by atoms with Crippen LogP contribution in [0, 0.1) is 10.5 Å². The normalized spacial score (nSPS) is 10.9. The highest BCUT2D eigenvalue weighted by Crippen LogP contribution is 2.26. The fourth-order valence-electron chi connectivity index (χ4n) is 1.74. The number of aromatic amines is 1. The van der Waals surface area contributed by atoms with Crippen LogP contribution in [0.3, 0.4) is 0 Å². The zero-order chi connectivity index (χ0) is 11.8. The van der Waals surface area contributed by atoms with Gasteiger partial charge in [0.1, 0.15) is 16.0 Å². The van der Waals surface area contributed by atoms with Gasteiger partial charge in [-0.1, -0.05) is 18.3 Å². The molecule has 2 nitrogen and oxygen atoms in total. The van der Waals surface area contributed by atoms with Crippen LogP contribution >= 0.6 is 12.2 Å². The third kappa shape index (κ3) is 1.87. The van der Waals surface area contributed by atoms with Gasteiger partial charge in [0.05, 0.1) is 5.69 Å². The van der Waals surface area contributed by atoms with Crippen LogP contribution in [-0.4, -0.2) is 4.98 Å². The standard InChI is InChI=1S/C13H8FNOS/c14-9-4-5-11-8(6-9)7-12(16-11)10-2-1-3-13(17)15-10/h1-7H,(H,15,17). The fraction of sp³-hybridized carbons (Fsp3) is 0. The van der Waals surface area contributed by atoms with Crippen molar-refractivity contribution in [1.82, 2.24) is 4.98 Å². The third-order valence-corrected chi connectivity index (χ3v) is 2.75. The quantitative estimate of drug-likeness (QED) is 0.648. The van der Waals surface area contributed by atoms with Gasteiger partial charge in [-0.05, 0) is 36.4 Å². The van der Waals surface area contributed by atoms with E-state index in [1.807, 2.05) is 12.1 Å². The van der Waals surface area contributed by atoms with E-state index in [0.717, 1.165) is 11.1 Å². The summed E-state index contributed by atoms with van der Waals surface area (Å²) < 4.78 is 19.3. The molecule has 2 heterocycles. The molecule has 0 spiro atoms. The van der Waals surface area contributed by atoms with E-state index in [1.54, 1.807) is 18.2 Å². The first-order valence-electron chi connectivity index (χ1n) is 5.11. The first kappa shape index (κ1) is 10.2. The van der Waals surface area contributed by atoms with Crippen molar-refractivity contribution in [2.24, 2.45) is 0 Å². The summed E-state index contributed by atoms with van der Waals surface area (Å²) in [4.78, 5) is 3.03. The van der Waals surface area contributed by atoms with Gasteiger partial charge in [-0.15, -0.1) is 0 Å². The molecule has 4 heteroatoms. The summed E-state index contributed by atoms with van der Waals surface area (Å²) in [6.45, 7) is 0. The van der Waals surface area contributed by atoms with E-state index < -0.39 is 0 Å². The summed E-state index contributed by atoms with van der Waals surface area (Å²) in [6, 6.07) is 11.7. The Balaban J connectivity index is 2.21. The van der Waals surface area contributed by atoms with Gasteiger partial charge < -0.3 is 9.40 Å². The molecule has 17 heavy (non-hydrogen) atoms. The molecule has 0 saturated carbocycles. The summed E-state index contributed by atoms with van der Waals surface area (Å²) in [6.07, 6.45) is 0. The van der Waals surface area contributed by atoms with E-state index in [9.17, 15) is 4.39 Å². The van der Waals surface area contributed by atoms with Crippen molar-refractivity contribution in [3.8, 4) is 11.5 Å². The minimum absolute atomic E-state index is 0.272. The van der Waals surface area contributed by atoms with Gasteiger partial charge in [-0.2, -0.15) is 0 Å². The molecular weight excluding hydrogens is 237 g/mol. The van der Waals surface area contributed by atoms with Crippen molar-refractivity contribution < 1.29 is 8.81 Å². The number of benzene rings is 1. The van der Waals surface area contributed by atoms with Crippen LogP contribution in [0.2, 0.25) is 0 Å². The molecule has 0 fully saturated rings. The monoisotopic (exact) mass is 245 g/mol. The van der Waals surface area contributed by atoms with Gasteiger partial charge in [-0.3, -0.25) is 0 Å². The summed E-state index contributed by atoms with van der Waals surface area (Å²) >= 11 is 5.04. The van der Waals surface area contributed by atoms with Gasteiger partial charge in [-0.25, -0.2) is 4.39 Å². The lowest BCUT2D eigenvalue weighted by Gasteiger charge is -1.95. The zero-order valence-corrected chi connectivity index (χ0v) is 9.55. The molecule has 0 amide bonds. The predicted molar refractivity (Wildman–Crippen MR) is 66.8 cm³/mol. The van der Waals surface area contributed by atoms with Gasteiger partial charge >= 0.3 is 0 Å². The smallest absolute Gasteiger partial charge is 0.151 e. The van der Waals surface area contributed by atoms with Crippen LogP contribution in [0.4, 0.5) is 4.39 Å². The van der Waals surface area contributed by atoms with Gasteiger partial charge in [0.2, 0.25) is 0 Å². The molecule has 0 unspecified atom stereocenters. The molecule has 0 aliphatic carbocycles. The number of aromatic nitrogens is 1. The first-order chi connectivity index (χ1) is 8.22. The van der Waals surface area contributed by atoms with Crippen LogP contribution in [0.15, 0.2) is 46.9 Å². The number of pyridine rings is 1. The van der Waals surface area contributed by atoms with Gasteiger partial charge in [0, 0.05) is 5.39 Å². The van der Waals surface area contributed by atoms with E-state index >= 15 is 0 Å². The summed E-state index contributed by atoms with van der Waals surface area (Å²) in [7, 11) is 0. The van der Waals surface area contributed by atoms with Gasteiger partial charge in [0.15, 0.2) is 5.76 Å². The SMILES string of the molecule is Fc1ccc2oc(-c3cccc(=S)[nH]3)cc2c1. The maximum Gasteiger partial charge on any atom is 0.151 e. The molecule has 3 aromatic rings. The summed E-state index contributed by atoms with van der Waals surface area (Å²) in [5, 5.41) is 0.739. The Bertz CT molecular complexity index is 744. The molecule has 0 atom stereocenters. The number of furan rings is 1. The number of fused-ring (bicyclic) bond motifs is 1. The number of nitrogens with one attached hydrogen (secondary N) is 1. The maximum absolute atomic E-state index is 13.0. The molecule has 3 rings (SSSR count). The predicted octanol–water partition coefficient (Wildman–Crippen LogP) is 4.30. The number of hydrogen-bond acceptors (Lipinski definition) is 2. The Kier molecular flexibility index (Phi) is 2.30. The number of halogens is 1. The maximum atomic E-state index is 13.0. The number of H-pyrrole nitrogens is 1. The van der Waals surface area contributed by atoms with Crippen molar-refractivity contribution in [3.63, 3.8) is 0 Å². The molecule has 0 bridgehead atoms. The lowest BCUT2D eigenvalue weighted by Crippen LogP contribution is -1.79. The average Bonchev–Trinajstić information content (AvgIpc) is 2.72. The molecule has 0 aliphatic heterocycles. The van der Waals surface area contributed by atoms with E-state index in [1.165, 1.54) is 12.1 Å². The van der Waals surface area contributed by atoms with E-state index in [2.05, 4.69) is 4.98 Å². The molecule has 0 radical (unpaired) electrons. The Morgan fingerprint density at radius 3 is 2.82 bits per heavy atom. The largest absolute Gasteiger partial charge is 0.455 e. The average molecular weight is 245 g/mol. The lowest BCUT2D eigenvalue weighted by molar-refractivity contribution is 0.617. The van der Waals surface area contributed by atoms with Crippen molar-refractivity contribution in [2.75, 3.05) is 0 Å². The Hall–Kier alpha value is -1.94. The van der Waals surface area contributed by atoms with Crippen LogP contribution in [-0.2, 0) is 0 Å². The van der Waals surface area contributed by atoms with Crippen molar-refractivity contribution in [3.05, 3.63) is 52.9 Å². The highest BCUT2D eigenvalue weighted by Gasteiger charge is 2.06. The van der Waals surface area contributed by atoms with Crippen molar-refractivity contribution in [1.29, 1.82) is 0 Å². The second kappa shape index (κ2) is 3.82. The molecule has 0 aliphatic rings. The molecule has 1 aromatic carbocycles. The van der Waals surface area contributed by atoms with Crippen LogP contribution in [0.25, 0.3) is 22.4 Å². The van der Waals surface area contributed by atoms with Crippen molar-refractivity contribution >= 4 is 23.2 Å². The second-order valence-electron chi connectivity index (χ2n) is 3.72. The highest BCUT2D eigenvalue weighted by molar-refractivity contribution is 7.71. The topological polar surface area (TPSA) is 28.9 Å². The molecule has 84 valence electrons. The summed E-state index contributed by atoms with van der Waals surface area (Å²) in [5.41, 5.74) is 1.44. The van der Waals surface area contributed by atoms with E-state index in [4.69, 9.17) is 16.6 Å². The molecule has 1 N–H and O–H groups in total. The van der Waals surface area contributed by atoms with Gasteiger partial charge in [0.25, 0.3) is 0 Å². The molecule has 0 saturated heterocycles. The van der Waals surface area contributed by atoms with Crippen LogP contribution in [0.5, 0.6) is 0 Å². The first-order valence-corrected chi connectivity index (χ1v) is 5.52. The minimum Gasteiger partial charge on any atom is -0.455 e. The van der Waals surface area contributed by atoms with E-state index in [0.29, 0.717) is 16.0 Å². The number of hydrogen-bond donors (Lipinski definition) is 1. The highest BCUT2D eigenvalue weighted by atomic mass is 32.1. The van der Waals surface area contributed by atoms with Crippen LogP contribution < -0.4 is 0 Å². The Morgan fingerprint density at radius 2 is 2.00 bits per heavy atom. The molecule has 2 aromatic heterocycles. The Labute approximate surface area is 102 Å². The third-order valence-electron chi connectivity index (χ3n) is 2.51. The second-order valence-corrected chi connectivity index (χ2v) is 4.16. The fourth-order valence-corrected chi connectivity index (χ4v) is 1.93. The number of rotatable bonds is 1. The summed E-state index contributed by atoms with van der Waals surface area (Å²) in [5.74, 6) is 0.378.